The molecule has 0 amide bonds. The van der Waals surface area contributed by atoms with Crippen molar-refractivity contribution in [1.29, 1.82) is 0 Å². The van der Waals surface area contributed by atoms with Crippen molar-refractivity contribution in [3.8, 4) is 11.3 Å². The summed E-state index contributed by atoms with van der Waals surface area (Å²) in [6.07, 6.45) is -0.535. The molecule has 0 aliphatic carbocycles. The fourth-order valence-electron chi connectivity index (χ4n) is 2.73. The molecule has 1 heterocycles. The third-order valence-corrected chi connectivity index (χ3v) is 3.78. The number of rotatable bonds is 6. The van der Waals surface area contributed by atoms with Gasteiger partial charge in [-0.05, 0) is 13.0 Å². The van der Waals surface area contributed by atoms with E-state index < -0.39 is 6.10 Å². The number of hydrogen-bond acceptors (Lipinski definition) is 5. The highest BCUT2D eigenvalue weighted by Gasteiger charge is 2.16. The summed E-state index contributed by atoms with van der Waals surface area (Å²) in [5.41, 5.74) is 2.71. The van der Waals surface area contributed by atoms with Gasteiger partial charge >= 0.3 is 0 Å². The van der Waals surface area contributed by atoms with E-state index in [1.165, 1.54) is 0 Å². The number of anilines is 1. The fraction of sp³-hybridized carbons (Fsp3) is 0.263. The molecule has 124 valence electrons. The van der Waals surface area contributed by atoms with Crippen LogP contribution in [0.3, 0.4) is 0 Å². The number of aliphatic hydroxyl groups excluding tert-OH is 2. The molecule has 0 radical (unpaired) electrons. The van der Waals surface area contributed by atoms with Crippen molar-refractivity contribution < 1.29 is 10.2 Å². The molecule has 0 saturated carbocycles. The third kappa shape index (κ3) is 3.53. The number of nitrogens with zero attached hydrogens (tertiary/aromatic N) is 3. The van der Waals surface area contributed by atoms with Gasteiger partial charge in [0.2, 0.25) is 5.95 Å². The van der Waals surface area contributed by atoms with Crippen LogP contribution in [0.4, 0.5) is 5.95 Å². The Balaban J connectivity index is 2.16. The monoisotopic (exact) mass is 323 g/mol. The lowest BCUT2D eigenvalue weighted by atomic mass is 10.1. The average molecular weight is 323 g/mol. The maximum Gasteiger partial charge on any atom is 0.226 e. The first kappa shape index (κ1) is 16.4. The minimum absolute atomic E-state index is 0.0242. The lowest BCUT2D eigenvalue weighted by Gasteiger charge is -2.24. The highest BCUT2D eigenvalue weighted by molar-refractivity contribution is 5.93. The van der Waals surface area contributed by atoms with Crippen LogP contribution in [0.15, 0.2) is 54.6 Å². The van der Waals surface area contributed by atoms with Crippen molar-refractivity contribution in [2.24, 2.45) is 0 Å². The predicted octanol–water partition coefficient (Wildman–Crippen LogP) is 2.48. The minimum atomic E-state index is -0.535. The van der Waals surface area contributed by atoms with Crippen molar-refractivity contribution in [3.05, 3.63) is 54.6 Å². The fourth-order valence-corrected chi connectivity index (χ4v) is 2.73. The Morgan fingerprint density at radius 2 is 1.71 bits per heavy atom. The molecule has 24 heavy (non-hydrogen) atoms. The number of hydrogen-bond donors (Lipinski definition) is 2. The molecule has 5 nitrogen and oxygen atoms in total. The van der Waals surface area contributed by atoms with E-state index in [0.717, 1.165) is 22.2 Å². The second-order valence-corrected chi connectivity index (χ2v) is 5.77. The predicted molar refractivity (Wildman–Crippen MR) is 96.0 cm³/mol. The smallest absolute Gasteiger partial charge is 0.226 e. The highest BCUT2D eigenvalue weighted by atomic mass is 16.3. The topological polar surface area (TPSA) is 69.5 Å². The molecule has 0 bridgehead atoms. The molecular weight excluding hydrogens is 302 g/mol. The Kier molecular flexibility index (Phi) is 5.03. The van der Waals surface area contributed by atoms with Crippen LogP contribution in [0.2, 0.25) is 0 Å². The molecule has 0 aliphatic heterocycles. The molecule has 2 aromatic carbocycles. The lowest BCUT2D eigenvalue weighted by molar-refractivity contribution is 0.196. The summed E-state index contributed by atoms with van der Waals surface area (Å²) in [6, 6.07) is 17.8. The van der Waals surface area contributed by atoms with Gasteiger partial charge in [0.25, 0.3) is 0 Å². The van der Waals surface area contributed by atoms with Crippen LogP contribution in [0, 0.1) is 0 Å². The largest absolute Gasteiger partial charge is 0.395 e. The van der Waals surface area contributed by atoms with E-state index in [1.807, 2.05) is 59.5 Å². The van der Waals surface area contributed by atoms with E-state index in [2.05, 4.69) is 4.98 Å². The molecule has 3 rings (SSSR count). The third-order valence-electron chi connectivity index (χ3n) is 3.78. The van der Waals surface area contributed by atoms with Gasteiger partial charge in [0.05, 0.1) is 23.9 Å². The summed E-state index contributed by atoms with van der Waals surface area (Å²) in [7, 11) is 0. The van der Waals surface area contributed by atoms with E-state index in [9.17, 15) is 10.2 Å². The average Bonchev–Trinajstić information content (AvgIpc) is 2.61. The summed E-state index contributed by atoms with van der Waals surface area (Å²) in [5, 5.41) is 20.0. The molecule has 1 aromatic heterocycles. The van der Waals surface area contributed by atoms with Gasteiger partial charge in [-0.2, -0.15) is 0 Å². The Morgan fingerprint density at radius 1 is 1.00 bits per heavy atom. The second kappa shape index (κ2) is 7.38. The Bertz CT molecular complexity index is 806. The zero-order chi connectivity index (χ0) is 16.9. The lowest BCUT2D eigenvalue weighted by Crippen LogP contribution is -2.34. The first-order chi connectivity index (χ1) is 11.7. The number of aliphatic hydroxyl groups is 2. The Labute approximate surface area is 141 Å². The van der Waals surface area contributed by atoms with Crippen molar-refractivity contribution in [1.82, 2.24) is 9.97 Å². The molecule has 0 saturated heterocycles. The zero-order valence-corrected chi connectivity index (χ0v) is 13.6. The van der Waals surface area contributed by atoms with Crippen LogP contribution in [-0.2, 0) is 0 Å². The van der Waals surface area contributed by atoms with Crippen LogP contribution in [0.25, 0.3) is 22.2 Å². The summed E-state index contributed by atoms with van der Waals surface area (Å²) in [4.78, 5) is 11.2. The summed E-state index contributed by atoms with van der Waals surface area (Å²) >= 11 is 0. The van der Waals surface area contributed by atoms with Gasteiger partial charge in [-0.1, -0.05) is 48.5 Å². The van der Waals surface area contributed by atoms with Gasteiger partial charge in [0, 0.05) is 24.0 Å². The SMILES string of the molecule is CC(O)CN(CCO)c1nc(-c2ccccc2)c2ccccc2n1. The van der Waals surface area contributed by atoms with E-state index in [-0.39, 0.29) is 6.61 Å². The van der Waals surface area contributed by atoms with Crippen LogP contribution in [0.1, 0.15) is 6.92 Å². The zero-order valence-electron chi connectivity index (χ0n) is 13.6. The molecule has 0 aliphatic rings. The number of aromatic nitrogens is 2. The van der Waals surface area contributed by atoms with E-state index in [0.29, 0.717) is 19.0 Å². The summed E-state index contributed by atoms with van der Waals surface area (Å²) in [5.74, 6) is 0.516. The molecule has 1 unspecified atom stereocenters. The van der Waals surface area contributed by atoms with Gasteiger partial charge in [-0.25, -0.2) is 9.97 Å². The van der Waals surface area contributed by atoms with Crippen LogP contribution < -0.4 is 4.90 Å². The maximum absolute atomic E-state index is 9.73. The van der Waals surface area contributed by atoms with Crippen LogP contribution >= 0.6 is 0 Å². The highest BCUT2D eigenvalue weighted by Crippen LogP contribution is 2.28. The van der Waals surface area contributed by atoms with Gasteiger partial charge in [-0.3, -0.25) is 0 Å². The van der Waals surface area contributed by atoms with Gasteiger partial charge in [0.15, 0.2) is 0 Å². The van der Waals surface area contributed by atoms with Gasteiger partial charge in [-0.15, -0.1) is 0 Å². The molecule has 0 spiro atoms. The van der Waals surface area contributed by atoms with Crippen molar-refractivity contribution in [2.45, 2.75) is 13.0 Å². The van der Waals surface area contributed by atoms with Crippen LogP contribution in [-0.4, -0.2) is 46.0 Å². The standard InChI is InChI=1S/C19H21N3O2/c1-14(24)13-22(11-12-23)19-20-17-10-6-5-9-16(17)18(21-19)15-7-3-2-4-8-15/h2-10,14,23-24H,11-13H2,1H3. The van der Waals surface area contributed by atoms with E-state index >= 15 is 0 Å². The van der Waals surface area contributed by atoms with Gasteiger partial charge in [0.1, 0.15) is 0 Å². The first-order valence-corrected chi connectivity index (χ1v) is 8.05. The molecular formula is C19H21N3O2. The normalized spacial score (nSPS) is 12.3. The molecule has 1 atom stereocenters. The van der Waals surface area contributed by atoms with Crippen molar-refractivity contribution in [3.63, 3.8) is 0 Å². The second-order valence-electron chi connectivity index (χ2n) is 5.77. The summed E-state index contributed by atoms with van der Waals surface area (Å²) < 4.78 is 0. The minimum Gasteiger partial charge on any atom is -0.395 e. The Morgan fingerprint density at radius 3 is 2.42 bits per heavy atom. The molecule has 2 N–H and O–H groups in total. The molecule has 0 fully saturated rings. The quantitative estimate of drug-likeness (QED) is 0.729. The van der Waals surface area contributed by atoms with Crippen LogP contribution in [0.5, 0.6) is 0 Å². The van der Waals surface area contributed by atoms with E-state index in [4.69, 9.17) is 4.98 Å². The van der Waals surface area contributed by atoms with E-state index in [1.54, 1.807) is 6.92 Å². The van der Waals surface area contributed by atoms with Crippen molar-refractivity contribution >= 4 is 16.9 Å². The Hall–Kier alpha value is -2.50. The number of fused-ring (bicyclic) bond motifs is 1. The molecule has 3 aromatic rings. The summed E-state index contributed by atoms with van der Waals surface area (Å²) in [6.45, 7) is 2.43. The van der Waals surface area contributed by atoms with Crippen molar-refractivity contribution in [2.75, 3.05) is 24.6 Å². The maximum atomic E-state index is 9.73. The number of benzene rings is 2. The first-order valence-electron chi connectivity index (χ1n) is 8.05. The van der Waals surface area contributed by atoms with Gasteiger partial charge < -0.3 is 15.1 Å². The number of para-hydroxylation sites is 1. The molecule has 5 heteroatoms.